The number of benzene rings is 2. The van der Waals surface area contributed by atoms with Crippen molar-refractivity contribution in [2.24, 2.45) is 5.73 Å². The van der Waals surface area contributed by atoms with Crippen molar-refractivity contribution in [2.75, 3.05) is 51.4 Å². The average Bonchev–Trinajstić information content (AvgIpc) is 2.99. The Hall–Kier alpha value is -3.14. The van der Waals surface area contributed by atoms with E-state index in [9.17, 15) is 9.59 Å². The van der Waals surface area contributed by atoms with Crippen molar-refractivity contribution in [2.45, 2.75) is 83.5 Å². The summed E-state index contributed by atoms with van der Waals surface area (Å²) in [6, 6.07) is 14.5. The Labute approximate surface area is 256 Å². The van der Waals surface area contributed by atoms with E-state index >= 15 is 0 Å². The summed E-state index contributed by atoms with van der Waals surface area (Å²) in [5, 5.41) is 0. The van der Waals surface area contributed by atoms with Crippen molar-refractivity contribution in [1.82, 2.24) is 4.90 Å². The zero-order valence-electron chi connectivity index (χ0n) is 26.3. The molecule has 0 aliphatic carbocycles. The lowest BCUT2D eigenvalue weighted by atomic mass is 9.87. The van der Waals surface area contributed by atoms with Gasteiger partial charge >= 0.3 is 6.09 Å². The fraction of sp³-hybridized carbons (Fsp3) is 0.588. The molecule has 2 heterocycles. The van der Waals surface area contributed by atoms with Crippen molar-refractivity contribution < 1.29 is 28.5 Å². The largest absolute Gasteiger partial charge is 0.494 e. The van der Waals surface area contributed by atoms with E-state index in [1.165, 1.54) is 5.56 Å². The molecule has 2 amide bonds. The lowest BCUT2D eigenvalue weighted by Gasteiger charge is -2.39. The van der Waals surface area contributed by atoms with Gasteiger partial charge in [0.25, 0.3) is 0 Å². The summed E-state index contributed by atoms with van der Waals surface area (Å²) in [5.74, 6) is 1.09. The van der Waals surface area contributed by atoms with Crippen molar-refractivity contribution in [3.05, 3.63) is 59.2 Å². The molecular formula is C34H49N3O6. The third kappa shape index (κ3) is 9.42. The summed E-state index contributed by atoms with van der Waals surface area (Å²) >= 11 is 0. The summed E-state index contributed by atoms with van der Waals surface area (Å²) in [6.45, 7) is 9.60. The first-order valence-electron chi connectivity index (χ1n) is 15.6. The maximum atomic E-state index is 13.0. The molecule has 43 heavy (non-hydrogen) atoms. The van der Waals surface area contributed by atoms with Gasteiger partial charge in [0.05, 0.1) is 25.9 Å². The average molecular weight is 596 g/mol. The Morgan fingerprint density at radius 2 is 1.81 bits per heavy atom. The van der Waals surface area contributed by atoms with Gasteiger partial charge in [-0.25, -0.2) is 4.79 Å². The normalized spacial score (nSPS) is 18.9. The minimum absolute atomic E-state index is 0.106. The number of likely N-dealkylation sites (tertiary alicyclic amines) is 1. The van der Waals surface area contributed by atoms with Gasteiger partial charge in [-0.3, -0.25) is 4.79 Å². The zero-order valence-corrected chi connectivity index (χ0v) is 26.3. The molecule has 9 heteroatoms. The maximum absolute atomic E-state index is 13.0. The molecule has 1 saturated heterocycles. The molecule has 0 spiro atoms. The number of hydrogen-bond donors (Lipinski definition) is 1. The number of carbonyl (C=O) groups is 2. The maximum Gasteiger partial charge on any atom is 0.410 e. The second-order valence-electron chi connectivity index (χ2n) is 12.4. The number of nitrogens with zero attached hydrogens (tertiary/aromatic N) is 2. The van der Waals surface area contributed by atoms with Crippen LogP contribution in [0.4, 0.5) is 10.5 Å². The first-order chi connectivity index (χ1) is 20.7. The van der Waals surface area contributed by atoms with Crippen LogP contribution in [-0.2, 0) is 32.0 Å². The molecular weight excluding hydrogens is 546 g/mol. The molecule has 9 nitrogen and oxygen atoms in total. The van der Waals surface area contributed by atoms with Crippen molar-refractivity contribution in [3.63, 3.8) is 0 Å². The minimum atomic E-state index is -0.569. The molecule has 0 saturated carbocycles. The van der Waals surface area contributed by atoms with Gasteiger partial charge in [-0.1, -0.05) is 24.3 Å². The Morgan fingerprint density at radius 3 is 2.53 bits per heavy atom. The fourth-order valence-electron chi connectivity index (χ4n) is 5.69. The highest BCUT2D eigenvalue weighted by molar-refractivity contribution is 5.96. The number of aryl methyl sites for hydroxylation is 1. The standard InChI is InChI=1S/C34H49N3O6/c1-34(2,3)43-33(39)36-19-16-29(26-10-13-28(14-11-26)41-21-6-5-17-35)31(23-36)42-24-25-8-9-27-12-15-32(38)37(30(27)22-25)18-7-20-40-4/h8-11,13-14,22,29,31H,5-7,12,15-21,23-24,35H2,1-4H3. The molecule has 1 fully saturated rings. The van der Waals surface area contributed by atoms with E-state index in [2.05, 4.69) is 30.3 Å². The molecule has 2 unspecified atom stereocenters. The molecule has 2 N–H and O–H groups in total. The van der Waals surface area contributed by atoms with Crippen molar-refractivity contribution in [3.8, 4) is 5.75 Å². The number of anilines is 1. The number of rotatable bonds is 13. The highest BCUT2D eigenvalue weighted by Gasteiger charge is 2.35. The number of carbonyl (C=O) groups excluding carboxylic acids is 2. The second kappa shape index (κ2) is 15.5. The lowest BCUT2D eigenvalue weighted by molar-refractivity contribution is -0.118. The van der Waals surface area contributed by atoms with Crippen LogP contribution in [0, 0.1) is 0 Å². The highest BCUT2D eigenvalue weighted by Crippen LogP contribution is 2.34. The van der Waals surface area contributed by atoms with Gasteiger partial charge in [-0.2, -0.15) is 0 Å². The van der Waals surface area contributed by atoms with Crippen LogP contribution in [0.1, 0.15) is 75.5 Å². The Bertz CT molecular complexity index is 1200. The van der Waals surface area contributed by atoms with Crippen molar-refractivity contribution in [1.29, 1.82) is 0 Å². The van der Waals surface area contributed by atoms with Crippen LogP contribution < -0.4 is 15.4 Å². The molecule has 2 aromatic carbocycles. The number of fused-ring (bicyclic) bond motifs is 1. The van der Waals surface area contributed by atoms with E-state index in [1.807, 2.05) is 37.8 Å². The first-order valence-corrected chi connectivity index (χ1v) is 15.6. The molecule has 236 valence electrons. The smallest absolute Gasteiger partial charge is 0.410 e. The fourth-order valence-corrected chi connectivity index (χ4v) is 5.69. The summed E-state index contributed by atoms with van der Waals surface area (Å²) in [5.41, 5.74) is 9.32. The van der Waals surface area contributed by atoms with Gasteiger partial charge in [-0.05, 0) is 94.3 Å². The number of piperidine rings is 1. The van der Waals surface area contributed by atoms with Gasteiger partial charge < -0.3 is 34.5 Å². The third-order valence-corrected chi connectivity index (χ3v) is 7.93. The third-order valence-electron chi connectivity index (χ3n) is 7.93. The Morgan fingerprint density at radius 1 is 1.02 bits per heavy atom. The van der Waals surface area contributed by atoms with Gasteiger partial charge in [0.1, 0.15) is 11.4 Å². The van der Waals surface area contributed by atoms with Crippen LogP contribution in [0.2, 0.25) is 0 Å². The highest BCUT2D eigenvalue weighted by atomic mass is 16.6. The quantitative estimate of drug-likeness (QED) is 0.308. The summed E-state index contributed by atoms with van der Waals surface area (Å²) < 4.78 is 23.4. The Balaban J connectivity index is 1.48. The van der Waals surface area contributed by atoms with E-state index in [0.29, 0.717) is 52.4 Å². The predicted octanol–water partition coefficient (Wildman–Crippen LogP) is 5.43. The lowest BCUT2D eigenvalue weighted by Crippen LogP contribution is -2.48. The molecule has 2 aromatic rings. The molecule has 2 aliphatic heterocycles. The van der Waals surface area contributed by atoms with E-state index in [1.54, 1.807) is 12.0 Å². The summed E-state index contributed by atoms with van der Waals surface area (Å²) in [4.78, 5) is 29.4. The monoisotopic (exact) mass is 595 g/mol. The molecule has 2 aliphatic rings. The zero-order chi connectivity index (χ0) is 30.8. The van der Waals surface area contributed by atoms with Gasteiger partial charge in [0.2, 0.25) is 5.91 Å². The minimum Gasteiger partial charge on any atom is -0.494 e. The van der Waals surface area contributed by atoms with Crippen LogP contribution in [0.5, 0.6) is 5.75 Å². The van der Waals surface area contributed by atoms with Crippen LogP contribution >= 0.6 is 0 Å². The van der Waals surface area contributed by atoms with E-state index in [-0.39, 0.29) is 24.0 Å². The number of hydrogen-bond acceptors (Lipinski definition) is 7. The number of ether oxygens (including phenoxy) is 4. The van der Waals surface area contributed by atoms with Gasteiger partial charge in [0, 0.05) is 44.8 Å². The number of methoxy groups -OCH3 is 1. The summed E-state index contributed by atoms with van der Waals surface area (Å²) in [7, 11) is 1.68. The second-order valence-corrected chi connectivity index (χ2v) is 12.4. The Kier molecular flexibility index (Phi) is 11.8. The van der Waals surface area contributed by atoms with Crippen LogP contribution in [0.15, 0.2) is 42.5 Å². The van der Waals surface area contributed by atoms with E-state index in [4.69, 9.17) is 24.7 Å². The molecule has 4 rings (SSSR count). The predicted molar refractivity (Wildman–Crippen MR) is 168 cm³/mol. The molecule has 0 aromatic heterocycles. The topological polar surface area (TPSA) is 104 Å². The molecule has 0 radical (unpaired) electrons. The number of nitrogens with two attached hydrogens (primary N) is 1. The number of unbranched alkanes of at least 4 members (excludes halogenated alkanes) is 1. The van der Waals surface area contributed by atoms with Crippen LogP contribution in [0.3, 0.4) is 0 Å². The van der Waals surface area contributed by atoms with E-state index in [0.717, 1.165) is 54.7 Å². The summed E-state index contributed by atoms with van der Waals surface area (Å²) in [6.07, 6.45) is 4.14. The van der Waals surface area contributed by atoms with Crippen molar-refractivity contribution >= 4 is 17.7 Å². The molecule has 0 bridgehead atoms. The number of amides is 2. The SMILES string of the molecule is COCCCN1C(=O)CCc2ccc(COC3CN(C(=O)OC(C)(C)C)CCC3c3ccc(OCCCCN)cc3)cc21. The van der Waals surface area contributed by atoms with E-state index < -0.39 is 5.60 Å². The van der Waals surface area contributed by atoms with Crippen LogP contribution in [0.25, 0.3) is 0 Å². The van der Waals surface area contributed by atoms with Crippen LogP contribution in [-0.4, -0.2) is 75.1 Å². The van der Waals surface area contributed by atoms with Gasteiger partial charge in [0.15, 0.2) is 0 Å². The molecule has 2 atom stereocenters. The first kappa shape index (κ1) is 32.8. The van der Waals surface area contributed by atoms with Gasteiger partial charge in [-0.15, -0.1) is 0 Å².